The summed E-state index contributed by atoms with van der Waals surface area (Å²) in [6, 6.07) is 7.85. The van der Waals surface area contributed by atoms with E-state index in [-0.39, 0.29) is 0 Å². The third-order valence-corrected chi connectivity index (χ3v) is 3.03. The van der Waals surface area contributed by atoms with E-state index in [1.807, 2.05) is 29.0 Å². The van der Waals surface area contributed by atoms with Crippen molar-refractivity contribution in [3.63, 3.8) is 0 Å². The highest BCUT2D eigenvalue weighted by atomic mass is 79.9. The summed E-state index contributed by atoms with van der Waals surface area (Å²) >= 11 is 3.36. The lowest BCUT2D eigenvalue weighted by atomic mass is 10.2. The zero-order chi connectivity index (χ0) is 12.1. The second kappa shape index (κ2) is 5.51. The SMILES string of the molecule is N#Cc1c(Br)cccc1NCCn1ccnc1. The molecule has 0 aliphatic rings. The van der Waals surface area contributed by atoms with Gasteiger partial charge in [-0.3, -0.25) is 0 Å². The van der Waals surface area contributed by atoms with E-state index in [4.69, 9.17) is 5.26 Å². The van der Waals surface area contributed by atoms with Crippen LogP contribution in [0.4, 0.5) is 5.69 Å². The molecule has 4 nitrogen and oxygen atoms in total. The standard InChI is InChI=1S/C12H11BrN4/c13-11-2-1-3-12(10(11)8-14)16-5-7-17-6-4-15-9-17/h1-4,6,9,16H,5,7H2. The molecule has 0 radical (unpaired) electrons. The molecule has 2 rings (SSSR count). The first-order valence-corrected chi connectivity index (χ1v) is 5.99. The summed E-state index contributed by atoms with van der Waals surface area (Å²) in [5.74, 6) is 0. The quantitative estimate of drug-likeness (QED) is 0.942. The van der Waals surface area contributed by atoms with Crippen molar-refractivity contribution in [3.8, 4) is 6.07 Å². The minimum Gasteiger partial charge on any atom is -0.382 e. The van der Waals surface area contributed by atoms with E-state index in [1.54, 1.807) is 12.5 Å². The highest BCUT2D eigenvalue weighted by Crippen LogP contribution is 2.23. The number of aromatic nitrogens is 2. The molecule has 17 heavy (non-hydrogen) atoms. The average Bonchev–Trinajstić information content (AvgIpc) is 2.82. The van der Waals surface area contributed by atoms with Crippen molar-refractivity contribution in [2.75, 3.05) is 11.9 Å². The molecule has 0 saturated heterocycles. The molecule has 86 valence electrons. The Labute approximate surface area is 108 Å². The first-order chi connectivity index (χ1) is 8.31. The van der Waals surface area contributed by atoms with Crippen LogP contribution >= 0.6 is 15.9 Å². The van der Waals surface area contributed by atoms with E-state index in [2.05, 4.69) is 32.3 Å². The van der Waals surface area contributed by atoms with E-state index in [0.717, 1.165) is 23.2 Å². The number of rotatable bonds is 4. The van der Waals surface area contributed by atoms with Gasteiger partial charge in [-0.2, -0.15) is 5.26 Å². The second-order valence-corrected chi connectivity index (χ2v) is 4.36. The van der Waals surface area contributed by atoms with Gasteiger partial charge in [-0.15, -0.1) is 0 Å². The molecule has 0 fully saturated rings. The maximum Gasteiger partial charge on any atom is 0.103 e. The van der Waals surface area contributed by atoms with Gasteiger partial charge < -0.3 is 9.88 Å². The van der Waals surface area contributed by atoms with Crippen LogP contribution in [0.15, 0.2) is 41.4 Å². The van der Waals surface area contributed by atoms with Crippen molar-refractivity contribution in [2.24, 2.45) is 0 Å². The van der Waals surface area contributed by atoms with Crippen LogP contribution in [0.2, 0.25) is 0 Å². The van der Waals surface area contributed by atoms with Crippen LogP contribution in [0.3, 0.4) is 0 Å². The summed E-state index contributed by atoms with van der Waals surface area (Å²) in [5.41, 5.74) is 1.49. The number of nitrogens with one attached hydrogen (secondary N) is 1. The van der Waals surface area contributed by atoms with E-state index in [0.29, 0.717) is 5.56 Å². The predicted octanol–water partition coefficient (Wildman–Crippen LogP) is 2.63. The zero-order valence-electron chi connectivity index (χ0n) is 9.10. The van der Waals surface area contributed by atoms with Crippen molar-refractivity contribution in [1.29, 1.82) is 5.26 Å². The maximum atomic E-state index is 9.05. The summed E-state index contributed by atoms with van der Waals surface area (Å²) in [6.45, 7) is 1.57. The van der Waals surface area contributed by atoms with Crippen LogP contribution in [0.1, 0.15) is 5.56 Å². The Morgan fingerprint density at radius 2 is 2.35 bits per heavy atom. The van der Waals surface area contributed by atoms with Gasteiger partial charge in [0.05, 0.1) is 17.6 Å². The molecule has 0 saturated carbocycles. The minimum atomic E-state index is 0.637. The number of anilines is 1. The maximum absolute atomic E-state index is 9.05. The third-order valence-electron chi connectivity index (χ3n) is 2.37. The number of hydrogen-bond donors (Lipinski definition) is 1. The van der Waals surface area contributed by atoms with E-state index in [1.165, 1.54) is 0 Å². The van der Waals surface area contributed by atoms with E-state index < -0.39 is 0 Å². The first kappa shape index (κ1) is 11.7. The monoisotopic (exact) mass is 290 g/mol. The first-order valence-electron chi connectivity index (χ1n) is 5.19. The Kier molecular flexibility index (Phi) is 3.78. The van der Waals surface area contributed by atoms with Crippen molar-refractivity contribution in [2.45, 2.75) is 6.54 Å². The van der Waals surface area contributed by atoms with Crippen molar-refractivity contribution >= 4 is 21.6 Å². The minimum absolute atomic E-state index is 0.637. The lowest BCUT2D eigenvalue weighted by Crippen LogP contribution is -2.10. The molecule has 0 unspecified atom stereocenters. The lowest BCUT2D eigenvalue weighted by Gasteiger charge is -2.09. The summed E-state index contributed by atoms with van der Waals surface area (Å²) < 4.78 is 2.80. The van der Waals surface area contributed by atoms with Gasteiger partial charge in [0.25, 0.3) is 0 Å². The Balaban J connectivity index is 2.00. The van der Waals surface area contributed by atoms with Gasteiger partial charge in [0.1, 0.15) is 6.07 Å². The van der Waals surface area contributed by atoms with Crippen LogP contribution in [0.25, 0.3) is 0 Å². The Morgan fingerprint density at radius 3 is 3.06 bits per heavy atom. The van der Waals surface area contributed by atoms with Gasteiger partial charge >= 0.3 is 0 Å². The number of nitriles is 1. The molecule has 1 N–H and O–H groups in total. The number of imidazole rings is 1. The smallest absolute Gasteiger partial charge is 0.103 e. The fourth-order valence-corrected chi connectivity index (χ4v) is 1.98. The molecule has 2 aromatic rings. The van der Waals surface area contributed by atoms with Gasteiger partial charge in [0.15, 0.2) is 0 Å². The van der Waals surface area contributed by atoms with Crippen LogP contribution < -0.4 is 5.32 Å². The lowest BCUT2D eigenvalue weighted by molar-refractivity contribution is 0.727. The average molecular weight is 291 g/mol. The predicted molar refractivity (Wildman–Crippen MR) is 69.6 cm³/mol. The van der Waals surface area contributed by atoms with Crippen LogP contribution in [0.5, 0.6) is 0 Å². The number of halogens is 1. The number of benzene rings is 1. The highest BCUT2D eigenvalue weighted by Gasteiger charge is 2.04. The van der Waals surface area contributed by atoms with Crippen LogP contribution in [-0.2, 0) is 6.54 Å². The molecular formula is C12H11BrN4. The Morgan fingerprint density at radius 1 is 1.47 bits per heavy atom. The molecular weight excluding hydrogens is 280 g/mol. The Hall–Kier alpha value is -1.80. The van der Waals surface area contributed by atoms with Crippen LogP contribution in [0, 0.1) is 11.3 Å². The van der Waals surface area contributed by atoms with Gasteiger partial charge in [-0.05, 0) is 28.1 Å². The molecule has 0 atom stereocenters. The topological polar surface area (TPSA) is 53.6 Å². The molecule has 0 amide bonds. The fourth-order valence-electron chi connectivity index (χ4n) is 1.52. The van der Waals surface area contributed by atoms with Crippen LogP contribution in [-0.4, -0.2) is 16.1 Å². The number of hydrogen-bond acceptors (Lipinski definition) is 3. The largest absolute Gasteiger partial charge is 0.382 e. The van der Waals surface area contributed by atoms with Gasteiger partial charge in [0.2, 0.25) is 0 Å². The Bertz CT molecular complexity index is 528. The van der Waals surface area contributed by atoms with Crippen molar-refractivity contribution in [3.05, 3.63) is 47.0 Å². The van der Waals surface area contributed by atoms with Crippen molar-refractivity contribution in [1.82, 2.24) is 9.55 Å². The summed E-state index contributed by atoms with van der Waals surface area (Å²) in [5, 5.41) is 12.3. The second-order valence-electron chi connectivity index (χ2n) is 3.50. The molecule has 5 heteroatoms. The molecule has 0 aliphatic heterocycles. The third kappa shape index (κ3) is 2.86. The molecule has 1 heterocycles. The fraction of sp³-hybridized carbons (Fsp3) is 0.167. The molecule has 0 bridgehead atoms. The molecule has 1 aromatic heterocycles. The van der Waals surface area contributed by atoms with Gasteiger partial charge in [0, 0.05) is 30.0 Å². The van der Waals surface area contributed by atoms with Crippen molar-refractivity contribution < 1.29 is 0 Å². The molecule has 0 spiro atoms. The summed E-state index contributed by atoms with van der Waals surface area (Å²) in [4.78, 5) is 3.97. The normalized spacial score (nSPS) is 9.88. The summed E-state index contributed by atoms with van der Waals surface area (Å²) in [6.07, 6.45) is 5.43. The molecule has 1 aromatic carbocycles. The highest BCUT2D eigenvalue weighted by molar-refractivity contribution is 9.10. The number of nitrogens with zero attached hydrogens (tertiary/aromatic N) is 3. The molecule has 0 aliphatic carbocycles. The summed E-state index contributed by atoms with van der Waals surface area (Å²) in [7, 11) is 0. The van der Waals surface area contributed by atoms with Gasteiger partial charge in [-0.25, -0.2) is 4.98 Å². The van der Waals surface area contributed by atoms with E-state index >= 15 is 0 Å². The zero-order valence-corrected chi connectivity index (χ0v) is 10.7. The van der Waals surface area contributed by atoms with E-state index in [9.17, 15) is 0 Å². The van der Waals surface area contributed by atoms with Gasteiger partial charge in [-0.1, -0.05) is 6.07 Å².